The maximum Gasteiger partial charge on any atom is 0.159 e. The van der Waals surface area contributed by atoms with Crippen LogP contribution in [0.25, 0.3) is 60.6 Å². The number of fused-ring (bicyclic) bond motifs is 6. The SMILES string of the molecule is c1ccc(-c2ccc(C3=NC(c4ccccc4)NC(c4ccc5oc6cc(-n7c8ccccc8c8ccccc87)ccc6c5c4)=N3)cc2)cc1. The first-order valence-corrected chi connectivity index (χ1v) is 16.9. The van der Waals surface area contributed by atoms with Gasteiger partial charge in [-0.3, -0.25) is 0 Å². The molecule has 0 spiro atoms. The van der Waals surface area contributed by atoms with E-state index in [1.807, 2.05) is 30.3 Å². The van der Waals surface area contributed by atoms with Crippen molar-refractivity contribution in [2.45, 2.75) is 6.17 Å². The van der Waals surface area contributed by atoms with Crippen molar-refractivity contribution in [3.63, 3.8) is 0 Å². The van der Waals surface area contributed by atoms with Gasteiger partial charge in [0.1, 0.15) is 23.2 Å². The van der Waals surface area contributed by atoms with Gasteiger partial charge >= 0.3 is 0 Å². The molecule has 0 radical (unpaired) electrons. The van der Waals surface area contributed by atoms with Crippen molar-refractivity contribution in [1.29, 1.82) is 0 Å². The monoisotopic (exact) mass is 642 g/mol. The van der Waals surface area contributed by atoms with E-state index in [-0.39, 0.29) is 6.17 Å². The van der Waals surface area contributed by atoms with E-state index < -0.39 is 0 Å². The van der Waals surface area contributed by atoms with Gasteiger partial charge in [-0.1, -0.05) is 121 Å². The molecule has 5 nitrogen and oxygen atoms in total. The molecule has 3 heterocycles. The topological polar surface area (TPSA) is 54.8 Å². The minimum atomic E-state index is -0.280. The van der Waals surface area contributed by atoms with E-state index >= 15 is 0 Å². The Bertz CT molecular complexity index is 2720. The lowest BCUT2D eigenvalue weighted by Gasteiger charge is -2.23. The summed E-state index contributed by atoms with van der Waals surface area (Å²) < 4.78 is 8.81. The van der Waals surface area contributed by atoms with Gasteiger partial charge in [0.15, 0.2) is 5.84 Å². The molecule has 1 N–H and O–H groups in total. The minimum absolute atomic E-state index is 0.280. The third-order valence-electron chi connectivity index (χ3n) is 9.67. The predicted octanol–water partition coefficient (Wildman–Crippen LogP) is 10.8. The Kier molecular flexibility index (Phi) is 6.49. The van der Waals surface area contributed by atoms with Gasteiger partial charge in [0.25, 0.3) is 0 Å². The number of amidine groups is 2. The standard InChI is InChI=1S/C45H30N4O/c1-3-11-29(12-4-1)30-19-21-32(22-20-30)44-46-43(31-13-5-2-6-14-31)47-45(48-44)33-23-26-41-38(27-33)37-25-24-34(28-42(37)50-41)49-39-17-9-7-15-35(39)36-16-8-10-18-40(36)49/h1-28,43H,(H,46,47,48). The molecule has 5 heteroatoms. The van der Waals surface area contributed by atoms with Gasteiger partial charge < -0.3 is 14.3 Å². The highest BCUT2D eigenvalue weighted by molar-refractivity contribution is 6.16. The molecule has 236 valence electrons. The summed E-state index contributed by atoms with van der Waals surface area (Å²) in [6.45, 7) is 0. The Labute approximate surface area is 288 Å². The molecule has 0 fully saturated rings. The van der Waals surface area contributed by atoms with Crippen LogP contribution in [-0.4, -0.2) is 16.2 Å². The van der Waals surface area contributed by atoms with E-state index in [9.17, 15) is 0 Å². The maximum atomic E-state index is 6.49. The molecule has 0 aliphatic carbocycles. The fourth-order valence-electron chi connectivity index (χ4n) is 7.23. The van der Waals surface area contributed by atoms with Gasteiger partial charge in [0.05, 0.1) is 11.0 Å². The third kappa shape index (κ3) is 4.71. The molecule has 1 unspecified atom stereocenters. The first-order chi connectivity index (χ1) is 24.8. The number of benzene rings is 7. The summed E-state index contributed by atoms with van der Waals surface area (Å²) >= 11 is 0. The van der Waals surface area contributed by atoms with Gasteiger partial charge in [0, 0.05) is 44.4 Å². The first kappa shape index (κ1) is 28.3. The van der Waals surface area contributed by atoms with Crippen molar-refractivity contribution in [2.75, 3.05) is 0 Å². The molecule has 1 aliphatic heterocycles. The van der Waals surface area contributed by atoms with Crippen LogP contribution in [0.4, 0.5) is 0 Å². The van der Waals surface area contributed by atoms with E-state index in [2.05, 4.69) is 149 Å². The first-order valence-electron chi connectivity index (χ1n) is 16.9. The number of aromatic nitrogens is 1. The Hall–Kier alpha value is -6.72. The highest BCUT2D eigenvalue weighted by Gasteiger charge is 2.22. The molecule has 50 heavy (non-hydrogen) atoms. The van der Waals surface area contributed by atoms with Crippen LogP contribution in [0.3, 0.4) is 0 Å². The number of para-hydroxylation sites is 2. The molecule has 1 atom stereocenters. The highest BCUT2D eigenvalue weighted by Crippen LogP contribution is 2.36. The fraction of sp³-hybridized carbons (Fsp3) is 0.0222. The van der Waals surface area contributed by atoms with E-state index in [0.717, 1.165) is 55.7 Å². The molecule has 10 rings (SSSR count). The molecule has 0 amide bonds. The molecule has 2 aromatic heterocycles. The molecule has 7 aromatic carbocycles. The van der Waals surface area contributed by atoms with Crippen LogP contribution in [0.5, 0.6) is 0 Å². The normalized spacial score (nSPS) is 14.6. The minimum Gasteiger partial charge on any atom is -0.456 e. The summed E-state index contributed by atoms with van der Waals surface area (Å²) in [5.41, 5.74) is 10.5. The van der Waals surface area contributed by atoms with Gasteiger partial charge in [0.2, 0.25) is 0 Å². The second-order valence-electron chi connectivity index (χ2n) is 12.7. The van der Waals surface area contributed by atoms with Crippen LogP contribution >= 0.6 is 0 Å². The lowest BCUT2D eigenvalue weighted by Crippen LogP contribution is -2.33. The Morgan fingerprint density at radius 2 is 1.10 bits per heavy atom. The molecular weight excluding hydrogens is 613 g/mol. The molecule has 0 saturated carbocycles. The van der Waals surface area contributed by atoms with Crippen molar-refractivity contribution >= 4 is 55.4 Å². The van der Waals surface area contributed by atoms with Crippen LogP contribution in [0, 0.1) is 0 Å². The lowest BCUT2D eigenvalue weighted by molar-refractivity contribution is 0.668. The summed E-state index contributed by atoms with van der Waals surface area (Å²) in [4.78, 5) is 10.2. The number of hydrogen-bond donors (Lipinski definition) is 1. The summed E-state index contributed by atoms with van der Waals surface area (Å²) in [5, 5.41) is 8.20. The number of hydrogen-bond acceptors (Lipinski definition) is 4. The van der Waals surface area contributed by atoms with E-state index in [1.165, 1.54) is 27.4 Å². The van der Waals surface area contributed by atoms with Crippen molar-refractivity contribution in [2.24, 2.45) is 9.98 Å². The molecule has 1 aliphatic rings. The van der Waals surface area contributed by atoms with Crippen molar-refractivity contribution in [3.05, 3.63) is 187 Å². The maximum absolute atomic E-state index is 6.49. The Morgan fingerprint density at radius 3 is 1.84 bits per heavy atom. The average molecular weight is 643 g/mol. The lowest BCUT2D eigenvalue weighted by atomic mass is 10.0. The van der Waals surface area contributed by atoms with Crippen LogP contribution in [-0.2, 0) is 0 Å². The predicted molar refractivity (Wildman–Crippen MR) is 205 cm³/mol. The zero-order valence-electron chi connectivity index (χ0n) is 27.0. The Morgan fingerprint density at radius 1 is 0.480 bits per heavy atom. The van der Waals surface area contributed by atoms with Gasteiger partial charge in [-0.2, -0.15) is 0 Å². The molecule has 0 saturated heterocycles. The van der Waals surface area contributed by atoms with Crippen molar-refractivity contribution in [1.82, 2.24) is 9.88 Å². The zero-order chi connectivity index (χ0) is 33.0. The number of rotatable bonds is 5. The van der Waals surface area contributed by atoms with Gasteiger partial charge in [-0.15, -0.1) is 0 Å². The number of nitrogens with zero attached hydrogens (tertiary/aromatic N) is 3. The number of furan rings is 1. The number of aliphatic imine (C=N–C) groups is 2. The van der Waals surface area contributed by atoms with E-state index in [0.29, 0.717) is 5.84 Å². The van der Waals surface area contributed by atoms with Crippen LogP contribution in [0.15, 0.2) is 184 Å². The van der Waals surface area contributed by atoms with Crippen molar-refractivity contribution in [3.8, 4) is 16.8 Å². The fourth-order valence-corrected chi connectivity index (χ4v) is 7.23. The zero-order valence-corrected chi connectivity index (χ0v) is 27.0. The summed E-state index contributed by atoms with van der Waals surface area (Å²) in [6.07, 6.45) is -0.280. The molecule has 0 bridgehead atoms. The third-order valence-corrected chi connectivity index (χ3v) is 9.67. The van der Waals surface area contributed by atoms with Crippen molar-refractivity contribution < 1.29 is 4.42 Å². The van der Waals surface area contributed by atoms with Gasteiger partial charge in [-0.25, -0.2) is 9.98 Å². The molecule has 9 aromatic rings. The number of nitrogens with one attached hydrogen (secondary N) is 1. The van der Waals surface area contributed by atoms with Crippen LogP contribution in [0.2, 0.25) is 0 Å². The average Bonchev–Trinajstić information content (AvgIpc) is 3.73. The Balaban J connectivity index is 1.06. The van der Waals surface area contributed by atoms with Crippen LogP contribution in [0.1, 0.15) is 22.9 Å². The summed E-state index contributed by atoms with van der Waals surface area (Å²) in [7, 11) is 0. The second-order valence-corrected chi connectivity index (χ2v) is 12.7. The smallest absolute Gasteiger partial charge is 0.159 e. The van der Waals surface area contributed by atoms with Gasteiger partial charge in [-0.05, 0) is 59.2 Å². The summed E-state index contributed by atoms with van der Waals surface area (Å²) in [6, 6.07) is 59.2. The second kappa shape index (κ2) is 11.5. The van der Waals surface area contributed by atoms with E-state index in [1.54, 1.807) is 0 Å². The quantitative estimate of drug-likeness (QED) is 0.203. The largest absolute Gasteiger partial charge is 0.456 e. The highest BCUT2D eigenvalue weighted by atomic mass is 16.3. The van der Waals surface area contributed by atoms with Crippen LogP contribution < -0.4 is 5.32 Å². The summed E-state index contributed by atoms with van der Waals surface area (Å²) in [5.74, 6) is 1.47. The molecular formula is C45H30N4O. The van der Waals surface area contributed by atoms with E-state index in [4.69, 9.17) is 14.4 Å².